The van der Waals surface area contributed by atoms with Gasteiger partial charge in [0.2, 0.25) is 0 Å². The normalized spacial score (nSPS) is 11.8. The van der Waals surface area contributed by atoms with Crippen molar-refractivity contribution in [1.29, 1.82) is 0 Å². The molecule has 2 rings (SSSR count). The Labute approximate surface area is 154 Å². The fourth-order valence-electron chi connectivity index (χ4n) is 2.47. The van der Waals surface area contributed by atoms with Gasteiger partial charge in [0.05, 0.1) is 19.1 Å². The lowest BCUT2D eigenvalue weighted by atomic mass is 10.0. The molecule has 2 aromatic carbocycles. The summed E-state index contributed by atoms with van der Waals surface area (Å²) in [4.78, 5) is 23.6. The van der Waals surface area contributed by atoms with Gasteiger partial charge in [-0.2, -0.15) is 0 Å². The molecule has 0 radical (unpaired) electrons. The van der Waals surface area contributed by atoms with Crippen molar-refractivity contribution in [2.45, 2.75) is 32.7 Å². The number of benzene rings is 2. The summed E-state index contributed by atoms with van der Waals surface area (Å²) in [5.41, 5.74) is 1.23. The van der Waals surface area contributed by atoms with Crippen molar-refractivity contribution in [2.24, 2.45) is 5.92 Å². The van der Waals surface area contributed by atoms with E-state index in [9.17, 15) is 9.59 Å². The first-order valence-electron chi connectivity index (χ1n) is 8.76. The smallest absolute Gasteiger partial charge is 0.305 e. The van der Waals surface area contributed by atoms with Crippen molar-refractivity contribution in [3.8, 4) is 5.75 Å². The Balaban J connectivity index is 2.01. The van der Waals surface area contributed by atoms with Crippen LogP contribution in [0.3, 0.4) is 0 Å². The third-order valence-corrected chi connectivity index (χ3v) is 3.97. The second kappa shape index (κ2) is 9.61. The van der Waals surface area contributed by atoms with Gasteiger partial charge < -0.3 is 15.2 Å². The third-order valence-electron chi connectivity index (χ3n) is 3.97. The minimum atomic E-state index is -0.965. The average molecular weight is 355 g/mol. The molecule has 138 valence electrons. The highest BCUT2D eigenvalue weighted by Crippen LogP contribution is 2.18. The molecule has 0 saturated carbocycles. The summed E-state index contributed by atoms with van der Waals surface area (Å²) < 4.78 is 5.65. The highest BCUT2D eigenvalue weighted by Gasteiger charge is 2.18. The standard InChI is InChI=1S/C21H25NO4/c1-15(2)12-13-26-18-10-8-17(9-11-18)21(25)22-19(14-20(23)24)16-6-4-3-5-7-16/h3-11,15,19H,12-14H2,1-2H3,(H,22,25)(H,23,24)/t19-/m0/s1. The molecule has 0 aromatic heterocycles. The van der Waals surface area contributed by atoms with E-state index in [-0.39, 0.29) is 12.3 Å². The molecule has 0 bridgehead atoms. The van der Waals surface area contributed by atoms with Crippen LogP contribution in [-0.2, 0) is 4.79 Å². The Bertz CT molecular complexity index is 711. The first kappa shape index (κ1) is 19.5. The van der Waals surface area contributed by atoms with E-state index in [0.717, 1.165) is 12.0 Å². The van der Waals surface area contributed by atoms with Gasteiger partial charge in [0.15, 0.2) is 0 Å². The second-order valence-electron chi connectivity index (χ2n) is 6.59. The average Bonchev–Trinajstić information content (AvgIpc) is 2.62. The summed E-state index contributed by atoms with van der Waals surface area (Å²) in [7, 11) is 0. The quantitative estimate of drug-likeness (QED) is 0.711. The zero-order valence-corrected chi connectivity index (χ0v) is 15.1. The Morgan fingerprint density at radius 3 is 2.27 bits per heavy atom. The van der Waals surface area contributed by atoms with Gasteiger partial charge in [-0.1, -0.05) is 44.2 Å². The number of carboxylic acid groups (broad SMARTS) is 1. The van der Waals surface area contributed by atoms with Crippen molar-refractivity contribution in [3.05, 3.63) is 65.7 Å². The first-order valence-corrected chi connectivity index (χ1v) is 8.76. The molecule has 0 unspecified atom stereocenters. The van der Waals surface area contributed by atoms with Crippen LogP contribution in [0.1, 0.15) is 48.7 Å². The van der Waals surface area contributed by atoms with Crippen molar-refractivity contribution in [1.82, 2.24) is 5.32 Å². The molecule has 1 atom stereocenters. The lowest BCUT2D eigenvalue weighted by Crippen LogP contribution is -2.30. The molecule has 0 fully saturated rings. The van der Waals surface area contributed by atoms with E-state index < -0.39 is 12.0 Å². The van der Waals surface area contributed by atoms with E-state index in [0.29, 0.717) is 23.8 Å². The van der Waals surface area contributed by atoms with E-state index in [4.69, 9.17) is 9.84 Å². The molecule has 2 aromatic rings. The number of hydrogen-bond acceptors (Lipinski definition) is 3. The lowest BCUT2D eigenvalue weighted by Gasteiger charge is -2.17. The zero-order chi connectivity index (χ0) is 18.9. The predicted molar refractivity (Wildman–Crippen MR) is 100 cm³/mol. The molecule has 0 aliphatic carbocycles. The number of aliphatic carboxylic acids is 1. The Morgan fingerprint density at radius 1 is 1.04 bits per heavy atom. The van der Waals surface area contributed by atoms with E-state index in [1.54, 1.807) is 36.4 Å². The maximum Gasteiger partial charge on any atom is 0.305 e. The Hall–Kier alpha value is -2.82. The number of rotatable bonds is 9. The molecule has 26 heavy (non-hydrogen) atoms. The van der Waals surface area contributed by atoms with Gasteiger partial charge in [0, 0.05) is 5.56 Å². The molecule has 0 aliphatic heterocycles. The summed E-state index contributed by atoms with van der Waals surface area (Å²) in [6, 6.07) is 15.4. The number of carboxylic acids is 1. The Kier molecular flexibility index (Phi) is 7.21. The highest BCUT2D eigenvalue weighted by molar-refractivity contribution is 5.94. The number of carbonyl (C=O) groups excluding carboxylic acids is 1. The fraction of sp³-hybridized carbons (Fsp3) is 0.333. The van der Waals surface area contributed by atoms with Gasteiger partial charge in [-0.05, 0) is 42.2 Å². The van der Waals surface area contributed by atoms with Gasteiger partial charge in [0.25, 0.3) is 5.91 Å². The van der Waals surface area contributed by atoms with Gasteiger partial charge >= 0.3 is 5.97 Å². The molecule has 0 aliphatic rings. The molecular formula is C21H25NO4. The van der Waals surface area contributed by atoms with Crippen LogP contribution in [0.5, 0.6) is 5.75 Å². The monoisotopic (exact) mass is 355 g/mol. The van der Waals surface area contributed by atoms with E-state index in [2.05, 4.69) is 19.2 Å². The van der Waals surface area contributed by atoms with Gasteiger partial charge in [0.1, 0.15) is 5.75 Å². The minimum absolute atomic E-state index is 0.174. The van der Waals surface area contributed by atoms with Crippen molar-refractivity contribution >= 4 is 11.9 Å². The predicted octanol–water partition coefficient (Wildman–Crippen LogP) is 4.06. The molecule has 2 N–H and O–H groups in total. The summed E-state index contributed by atoms with van der Waals surface area (Å²) in [6.45, 7) is 4.91. The van der Waals surface area contributed by atoms with Gasteiger partial charge in [-0.25, -0.2) is 0 Å². The maximum absolute atomic E-state index is 12.5. The number of amides is 1. The van der Waals surface area contributed by atoms with Crippen LogP contribution in [0.2, 0.25) is 0 Å². The first-order chi connectivity index (χ1) is 12.5. The third kappa shape index (κ3) is 6.24. The minimum Gasteiger partial charge on any atom is -0.494 e. The van der Waals surface area contributed by atoms with Crippen molar-refractivity contribution in [2.75, 3.05) is 6.61 Å². The molecular weight excluding hydrogens is 330 g/mol. The van der Waals surface area contributed by atoms with Gasteiger partial charge in [-0.3, -0.25) is 9.59 Å². The zero-order valence-electron chi connectivity index (χ0n) is 15.1. The topological polar surface area (TPSA) is 75.6 Å². The van der Waals surface area contributed by atoms with Gasteiger partial charge in [-0.15, -0.1) is 0 Å². The van der Waals surface area contributed by atoms with E-state index in [1.165, 1.54) is 0 Å². The number of hydrogen-bond donors (Lipinski definition) is 2. The van der Waals surface area contributed by atoms with Crippen LogP contribution in [0.15, 0.2) is 54.6 Å². The maximum atomic E-state index is 12.5. The van der Waals surface area contributed by atoms with Crippen molar-refractivity contribution < 1.29 is 19.4 Å². The summed E-state index contributed by atoms with van der Waals surface area (Å²) >= 11 is 0. The Morgan fingerprint density at radius 2 is 1.69 bits per heavy atom. The van der Waals surface area contributed by atoms with Crippen molar-refractivity contribution in [3.63, 3.8) is 0 Å². The highest BCUT2D eigenvalue weighted by atomic mass is 16.5. The molecule has 0 heterocycles. The molecule has 5 heteroatoms. The van der Waals surface area contributed by atoms with E-state index >= 15 is 0 Å². The molecule has 5 nitrogen and oxygen atoms in total. The fourth-order valence-corrected chi connectivity index (χ4v) is 2.47. The van der Waals surface area contributed by atoms with Crippen LogP contribution in [0.25, 0.3) is 0 Å². The van der Waals surface area contributed by atoms with E-state index in [1.807, 2.05) is 18.2 Å². The van der Waals surface area contributed by atoms with Crippen LogP contribution in [0, 0.1) is 5.92 Å². The number of ether oxygens (including phenoxy) is 1. The van der Waals surface area contributed by atoms with Crippen LogP contribution in [-0.4, -0.2) is 23.6 Å². The molecule has 0 spiro atoms. The molecule has 1 amide bonds. The largest absolute Gasteiger partial charge is 0.494 e. The summed E-state index contributed by atoms with van der Waals surface area (Å²) in [5, 5.41) is 11.9. The van der Waals surface area contributed by atoms with Crippen LogP contribution < -0.4 is 10.1 Å². The summed E-state index contributed by atoms with van der Waals surface area (Å²) in [6.07, 6.45) is 0.794. The second-order valence-corrected chi connectivity index (χ2v) is 6.59. The number of nitrogens with one attached hydrogen (secondary N) is 1. The molecule has 0 saturated heterocycles. The van der Waals surface area contributed by atoms with Crippen LogP contribution >= 0.6 is 0 Å². The summed E-state index contributed by atoms with van der Waals surface area (Å²) in [5.74, 6) is 0.0124. The number of carbonyl (C=O) groups is 2. The SMILES string of the molecule is CC(C)CCOc1ccc(C(=O)N[C@@H](CC(=O)O)c2ccccc2)cc1. The lowest BCUT2D eigenvalue weighted by molar-refractivity contribution is -0.137. The van der Waals surface area contributed by atoms with Crippen LogP contribution in [0.4, 0.5) is 0 Å².